The number of para-hydroxylation sites is 1. The first kappa shape index (κ1) is 14.5. The Morgan fingerprint density at radius 3 is 2.59 bits per heavy atom. The van der Waals surface area contributed by atoms with Gasteiger partial charge in [0.05, 0.1) is 22.6 Å². The number of benzene rings is 1. The summed E-state index contributed by atoms with van der Waals surface area (Å²) in [7, 11) is 0. The summed E-state index contributed by atoms with van der Waals surface area (Å²) in [5, 5.41) is 6.51. The van der Waals surface area contributed by atoms with Crippen molar-refractivity contribution in [2.24, 2.45) is 0 Å². The van der Waals surface area contributed by atoms with Crippen LogP contribution in [0.4, 0.5) is 0 Å². The molecule has 0 N–H and O–H groups in total. The monoisotopic (exact) mass is 308 g/mol. The van der Waals surface area contributed by atoms with E-state index in [0.29, 0.717) is 5.56 Å². The van der Waals surface area contributed by atoms with E-state index in [1.807, 2.05) is 72.4 Å². The minimum absolute atomic E-state index is 0.00872. The lowest BCUT2D eigenvalue weighted by Gasteiger charge is -2.03. The summed E-state index contributed by atoms with van der Waals surface area (Å²) in [5.41, 5.74) is 3.26. The van der Waals surface area contributed by atoms with E-state index >= 15 is 0 Å². The van der Waals surface area contributed by atoms with Crippen molar-refractivity contribution in [3.8, 4) is 5.69 Å². The molecule has 0 aliphatic rings. The maximum absolute atomic E-state index is 12.5. The van der Waals surface area contributed by atoms with Crippen LogP contribution in [-0.2, 0) is 0 Å². The summed E-state index contributed by atoms with van der Waals surface area (Å²) in [6.45, 7) is 3.80. The van der Waals surface area contributed by atoms with Crippen molar-refractivity contribution in [2.45, 2.75) is 13.8 Å². The maximum Gasteiger partial charge on any atom is 0.189 e. The first-order valence-corrected chi connectivity index (χ1v) is 7.92. The molecule has 2 heterocycles. The van der Waals surface area contributed by atoms with Crippen LogP contribution in [0.1, 0.15) is 26.6 Å². The molecule has 22 heavy (non-hydrogen) atoms. The molecule has 0 saturated carbocycles. The van der Waals surface area contributed by atoms with Gasteiger partial charge in [0.25, 0.3) is 0 Å². The van der Waals surface area contributed by atoms with Crippen molar-refractivity contribution in [3.05, 3.63) is 75.7 Å². The van der Waals surface area contributed by atoms with Crippen molar-refractivity contribution in [3.63, 3.8) is 0 Å². The minimum Gasteiger partial charge on any atom is -0.289 e. The fraction of sp³-hybridized carbons (Fsp3) is 0.111. The quantitative estimate of drug-likeness (QED) is 0.527. The molecule has 0 fully saturated rings. The smallest absolute Gasteiger partial charge is 0.189 e. The van der Waals surface area contributed by atoms with E-state index in [-0.39, 0.29) is 5.78 Å². The highest BCUT2D eigenvalue weighted by Gasteiger charge is 2.17. The SMILES string of the molecule is Cc1nn(-c2ccccc2)c(C)c1C(=O)/C=C/c1cccs1. The first-order valence-electron chi connectivity index (χ1n) is 7.04. The molecule has 0 unspecified atom stereocenters. The Kier molecular flexibility index (Phi) is 4.02. The molecule has 3 rings (SSSR count). The van der Waals surface area contributed by atoms with Crippen LogP contribution in [0.2, 0.25) is 0 Å². The van der Waals surface area contributed by atoms with Gasteiger partial charge in [0.1, 0.15) is 0 Å². The number of thiophene rings is 1. The highest BCUT2D eigenvalue weighted by atomic mass is 32.1. The number of hydrogen-bond donors (Lipinski definition) is 0. The van der Waals surface area contributed by atoms with Crippen LogP contribution >= 0.6 is 11.3 Å². The van der Waals surface area contributed by atoms with Crippen LogP contribution in [0.25, 0.3) is 11.8 Å². The van der Waals surface area contributed by atoms with E-state index in [9.17, 15) is 4.79 Å². The number of carbonyl (C=O) groups excluding carboxylic acids is 1. The molecule has 0 atom stereocenters. The fourth-order valence-corrected chi connectivity index (χ4v) is 3.07. The molecular weight excluding hydrogens is 292 g/mol. The normalized spacial score (nSPS) is 11.2. The van der Waals surface area contributed by atoms with E-state index in [4.69, 9.17) is 0 Å². The number of aryl methyl sites for hydroxylation is 1. The lowest BCUT2D eigenvalue weighted by molar-refractivity contribution is 0.104. The van der Waals surface area contributed by atoms with Crippen molar-refractivity contribution in [1.82, 2.24) is 9.78 Å². The molecule has 110 valence electrons. The molecule has 0 bridgehead atoms. The summed E-state index contributed by atoms with van der Waals surface area (Å²) in [4.78, 5) is 13.6. The van der Waals surface area contributed by atoms with Crippen LogP contribution < -0.4 is 0 Å². The molecule has 3 aromatic rings. The highest BCUT2D eigenvalue weighted by molar-refractivity contribution is 7.10. The number of rotatable bonds is 4. The number of nitrogens with zero attached hydrogens (tertiary/aromatic N) is 2. The number of ketones is 1. The van der Waals surface area contributed by atoms with E-state index in [0.717, 1.165) is 22.0 Å². The average Bonchev–Trinajstić information content (AvgIpc) is 3.14. The van der Waals surface area contributed by atoms with E-state index < -0.39 is 0 Å². The number of hydrogen-bond acceptors (Lipinski definition) is 3. The number of allylic oxidation sites excluding steroid dienone is 1. The summed E-state index contributed by atoms with van der Waals surface area (Å²) in [6.07, 6.45) is 3.48. The Bertz CT molecular complexity index is 814. The molecule has 3 nitrogen and oxygen atoms in total. The van der Waals surface area contributed by atoms with Gasteiger partial charge in [0.15, 0.2) is 5.78 Å². The summed E-state index contributed by atoms with van der Waals surface area (Å²) < 4.78 is 1.82. The van der Waals surface area contributed by atoms with Crippen LogP contribution in [0.5, 0.6) is 0 Å². The zero-order valence-corrected chi connectivity index (χ0v) is 13.3. The van der Waals surface area contributed by atoms with Crippen LogP contribution in [-0.4, -0.2) is 15.6 Å². The van der Waals surface area contributed by atoms with Crippen LogP contribution in [0.3, 0.4) is 0 Å². The van der Waals surface area contributed by atoms with E-state index in [1.165, 1.54) is 0 Å². The molecule has 0 saturated heterocycles. The zero-order valence-electron chi connectivity index (χ0n) is 12.5. The second kappa shape index (κ2) is 6.12. The van der Waals surface area contributed by atoms with E-state index in [2.05, 4.69) is 5.10 Å². The van der Waals surface area contributed by atoms with Gasteiger partial charge in [-0.25, -0.2) is 4.68 Å². The Balaban J connectivity index is 1.95. The largest absolute Gasteiger partial charge is 0.289 e. The third-order valence-corrected chi connectivity index (χ3v) is 4.32. The minimum atomic E-state index is -0.00872. The fourth-order valence-electron chi connectivity index (χ4n) is 2.45. The van der Waals surface area contributed by atoms with Gasteiger partial charge in [-0.1, -0.05) is 24.3 Å². The molecule has 1 aromatic carbocycles. The van der Waals surface area contributed by atoms with Crippen molar-refractivity contribution in [2.75, 3.05) is 0 Å². The molecule has 0 spiro atoms. The van der Waals surface area contributed by atoms with Crippen molar-refractivity contribution >= 4 is 23.2 Å². The second-order valence-electron chi connectivity index (χ2n) is 5.01. The Hall–Kier alpha value is -2.46. The van der Waals surface area contributed by atoms with Gasteiger partial charge in [0.2, 0.25) is 0 Å². The predicted octanol–water partition coefficient (Wildman–Crippen LogP) is 4.45. The summed E-state index contributed by atoms with van der Waals surface area (Å²) >= 11 is 1.61. The predicted molar refractivity (Wildman–Crippen MR) is 90.7 cm³/mol. The molecule has 0 amide bonds. The summed E-state index contributed by atoms with van der Waals surface area (Å²) in [6, 6.07) is 13.8. The average molecular weight is 308 g/mol. The van der Waals surface area contributed by atoms with Gasteiger partial charge in [-0.05, 0) is 49.6 Å². The zero-order chi connectivity index (χ0) is 15.5. The first-order chi connectivity index (χ1) is 10.7. The topological polar surface area (TPSA) is 34.9 Å². The van der Waals surface area contributed by atoms with Crippen LogP contribution in [0, 0.1) is 13.8 Å². The Labute approximate surface area is 133 Å². The third kappa shape index (κ3) is 2.78. The Morgan fingerprint density at radius 1 is 1.14 bits per heavy atom. The van der Waals surface area contributed by atoms with Gasteiger partial charge >= 0.3 is 0 Å². The number of carbonyl (C=O) groups is 1. The molecule has 2 aromatic heterocycles. The van der Waals surface area contributed by atoms with Crippen molar-refractivity contribution < 1.29 is 4.79 Å². The number of aromatic nitrogens is 2. The van der Waals surface area contributed by atoms with Crippen molar-refractivity contribution in [1.29, 1.82) is 0 Å². The Morgan fingerprint density at radius 2 is 1.91 bits per heavy atom. The standard InChI is InChI=1S/C18H16N2OS/c1-13-18(17(21)11-10-16-9-6-12-22-16)14(2)20(19-13)15-7-4-3-5-8-15/h3-12H,1-2H3/b11-10+. The molecular formula is C18H16N2OS. The lowest BCUT2D eigenvalue weighted by Crippen LogP contribution is -2.01. The molecule has 0 aliphatic heterocycles. The van der Waals surface area contributed by atoms with Gasteiger partial charge in [0, 0.05) is 4.88 Å². The molecule has 4 heteroatoms. The lowest BCUT2D eigenvalue weighted by atomic mass is 10.1. The van der Waals surface area contributed by atoms with Gasteiger partial charge in [-0.15, -0.1) is 11.3 Å². The summed E-state index contributed by atoms with van der Waals surface area (Å²) in [5.74, 6) is -0.00872. The van der Waals surface area contributed by atoms with E-state index in [1.54, 1.807) is 17.4 Å². The van der Waals surface area contributed by atoms with Gasteiger partial charge < -0.3 is 0 Å². The highest BCUT2D eigenvalue weighted by Crippen LogP contribution is 2.19. The maximum atomic E-state index is 12.5. The third-order valence-electron chi connectivity index (χ3n) is 3.48. The van der Waals surface area contributed by atoms with Gasteiger partial charge in [-0.3, -0.25) is 4.79 Å². The molecule has 0 radical (unpaired) electrons. The molecule has 0 aliphatic carbocycles. The second-order valence-corrected chi connectivity index (χ2v) is 5.99. The van der Waals surface area contributed by atoms with Gasteiger partial charge in [-0.2, -0.15) is 5.10 Å². The van der Waals surface area contributed by atoms with Crippen LogP contribution in [0.15, 0.2) is 53.9 Å².